The minimum atomic E-state index is 0.774. The van der Waals surface area contributed by atoms with Crippen LogP contribution in [0.1, 0.15) is 33.1 Å². The summed E-state index contributed by atoms with van der Waals surface area (Å²) in [6.07, 6.45) is 5.76. The fourth-order valence-corrected chi connectivity index (χ4v) is 1.39. The lowest BCUT2D eigenvalue weighted by atomic mass is 10.0. The van der Waals surface area contributed by atoms with Gasteiger partial charge in [0.25, 0.3) is 0 Å². The maximum absolute atomic E-state index is 4.21. The SMILES string of the molecule is C/C=C(\C)C1=NN=C(C2CC2)C1. The summed E-state index contributed by atoms with van der Waals surface area (Å²) >= 11 is 0. The number of rotatable bonds is 2. The summed E-state index contributed by atoms with van der Waals surface area (Å²) in [6, 6.07) is 0. The molecule has 0 aromatic rings. The maximum Gasteiger partial charge on any atom is 0.0713 e. The third-order valence-electron chi connectivity index (χ3n) is 2.58. The lowest BCUT2D eigenvalue weighted by Crippen LogP contribution is -2.04. The molecule has 0 amide bonds. The van der Waals surface area contributed by atoms with Crippen molar-refractivity contribution in [2.24, 2.45) is 16.1 Å². The minimum absolute atomic E-state index is 0.774. The molecule has 1 heterocycles. The van der Waals surface area contributed by atoms with Crippen molar-refractivity contribution in [3.8, 4) is 0 Å². The lowest BCUT2D eigenvalue weighted by molar-refractivity contribution is 1.13. The zero-order chi connectivity index (χ0) is 8.55. The molecule has 0 aromatic heterocycles. The van der Waals surface area contributed by atoms with Crippen molar-refractivity contribution in [1.82, 2.24) is 0 Å². The summed E-state index contributed by atoms with van der Waals surface area (Å²) in [5.41, 5.74) is 3.75. The number of hydrogen-bond donors (Lipinski definition) is 0. The molecule has 0 radical (unpaired) electrons. The van der Waals surface area contributed by atoms with E-state index in [0.29, 0.717) is 0 Å². The number of nitrogens with zero attached hydrogens (tertiary/aromatic N) is 2. The molecule has 0 atom stereocenters. The third kappa shape index (κ3) is 1.33. The summed E-state index contributed by atoms with van der Waals surface area (Å²) in [4.78, 5) is 0. The van der Waals surface area contributed by atoms with Crippen LogP contribution < -0.4 is 0 Å². The first-order chi connectivity index (χ1) is 5.81. The fourth-order valence-electron chi connectivity index (χ4n) is 1.39. The van der Waals surface area contributed by atoms with Gasteiger partial charge in [-0.05, 0) is 38.2 Å². The second-order valence-electron chi connectivity index (χ2n) is 3.56. The molecule has 2 aliphatic rings. The van der Waals surface area contributed by atoms with Gasteiger partial charge in [0.15, 0.2) is 0 Å². The highest BCUT2D eigenvalue weighted by atomic mass is 15.2. The second-order valence-corrected chi connectivity index (χ2v) is 3.56. The van der Waals surface area contributed by atoms with E-state index in [1.54, 1.807) is 0 Å². The molecule has 64 valence electrons. The van der Waals surface area contributed by atoms with Crippen molar-refractivity contribution in [3.05, 3.63) is 11.6 Å². The first-order valence-corrected chi connectivity index (χ1v) is 4.58. The van der Waals surface area contributed by atoms with Crippen LogP contribution in [0.4, 0.5) is 0 Å². The maximum atomic E-state index is 4.21. The summed E-state index contributed by atoms with van der Waals surface area (Å²) in [5, 5.41) is 8.40. The van der Waals surface area contributed by atoms with Crippen LogP contribution in [0.5, 0.6) is 0 Å². The van der Waals surface area contributed by atoms with E-state index < -0.39 is 0 Å². The molecular formula is C10H14N2. The average molecular weight is 162 g/mol. The molecule has 2 nitrogen and oxygen atoms in total. The van der Waals surface area contributed by atoms with Gasteiger partial charge in [-0.2, -0.15) is 10.2 Å². The monoisotopic (exact) mass is 162 g/mol. The van der Waals surface area contributed by atoms with Crippen molar-refractivity contribution in [3.63, 3.8) is 0 Å². The smallest absolute Gasteiger partial charge is 0.0713 e. The van der Waals surface area contributed by atoms with Gasteiger partial charge in [0.05, 0.1) is 5.71 Å². The molecule has 2 heteroatoms. The highest BCUT2D eigenvalue weighted by molar-refractivity contribution is 6.15. The third-order valence-corrected chi connectivity index (χ3v) is 2.58. The topological polar surface area (TPSA) is 24.7 Å². The van der Waals surface area contributed by atoms with Gasteiger partial charge in [-0.3, -0.25) is 0 Å². The van der Waals surface area contributed by atoms with E-state index in [2.05, 4.69) is 23.2 Å². The van der Waals surface area contributed by atoms with E-state index in [4.69, 9.17) is 0 Å². The van der Waals surface area contributed by atoms with Crippen molar-refractivity contribution in [2.45, 2.75) is 33.1 Å². The van der Waals surface area contributed by atoms with Crippen LogP contribution in [0.15, 0.2) is 21.9 Å². The molecule has 0 bridgehead atoms. The zero-order valence-corrected chi connectivity index (χ0v) is 7.67. The molecule has 1 saturated carbocycles. The molecule has 1 aliphatic heterocycles. The van der Waals surface area contributed by atoms with Crippen LogP contribution in [-0.2, 0) is 0 Å². The van der Waals surface area contributed by atoms with Crippen LogP contribution in [0, 0.1) is 5.92 Å². The number of allylic oxidation sites excluding steroid dienone is 2. The first-order valence-electron chi connectivity index (χ1n) is 4.58. The highest BCUT2D eigenvalue weighted by Gasteiger charge is 2.30. The van der Waals surface area contributed by atoms with E-state index in [0.717, 1.165) is 12.3 Å². The molecule has 0 aromatic carbocycles. The molecule has 1 aliphatic carbocycles. The Balaban J connectivity index is 2.00. The predicted octanol–water partition coefficient (Wildman–Crippen LogP) is 2.56. The molecule has 0 spiro atoms. The molecule has 2 rings (SSSR count). The Morgan fingerprint density at radius 2 is 2.17 bits per heavy atom. The Kier molecular flexibility index (Phi) is 1.83. The van der Waals surface area contributed by atoms with Crippen LogP contribution in [0.3, 0.4) is 0 Å². The Bertz CT molecular complexity index is 280. The summed E-state index contributed by atoms with van der Waals surface area (Å²) in [5.74, 6) is 0.774. The summed E-state index contributed by atoms with van der Waals surface area (Å²) in [6.45, 7) is 4.15. The highest BCUT2D eigenvalue weighted by Crippen LogP contribution is 2.34. The van der Waals surface area contributed by atoms with E-state index in [1.165, 1.54) is 29.8 Å². The van der Waals surface area contributed by atoms with Crippen molar-refractivity contribution < 1.29 is 0 Å². The van der Waals surface area contributed by atoms with Crippen LogP contribution >= 0.6 is 0 Å². The van der Waals surface area contributed by atoms with E-state index >= 15 is 0 Å². The minimum Gasteiger partial charge on any atom is -0.159 e. The normalized spacial score (nSPS) is 24.0. The van der Waals surface area contributed by atoms with Gasteiger partial charge in [-0.25, -0.2) is 0 Å². The van der Waals surface area contributed by atoms with Gasteiger partial charge in [0.1, 0.15) is 0 Å². The van der Waals surface area contributed by atoms with Gasteiger partial charge in [-0.15, -0.1) is 0 Å². The second kappa shape index (κ2) is 2.85. The Morgan fingerprint density at radius 3 is 2.75 bits per heavy atom. The van der Waals surface area contributed by atoms with Crippen LogP contribution in [-0.4, -0.2) is 11.4 Å². The van der Waals surface area contributed by atoms with Gasteiger partial charge in [0.2, 0.25) is 0 Å². The van der Waals surface area contributed by atoms with Gasteiger partial charge < -0.3 is 0 Å². The van der Waals surface area contributed by atoms with Gasteiger partial charge in [-0.1, -0.05) is 6.08 Å². The summed E-state index contributed by atoms with van der Waals surface area (Å²) in [7, 11) is 0. The first kappa shape index (κ1) is 7.71. The van der Waals surface area contributed by atoms with Crippen LogP contribution in [0.2, 0.25) is 0 Å². The van der Waals surface area contributed by atoms with Crippen molar-refractivity contribution >= 4 is 11.4 Å². The van der Waals surface area contributed by atoms with Gasteiger partial charge >= 0.3 is 0 Å². The zero-order valence-electron chi connectivity index (χ0n) is 7.67. The molecule has 0 unspecified atom stereocenters. The summed E-state index contributed by atoms with van der Waals surface area (Å²) < 4.78 is 0. The molecule has 12 heavy (non-hydrogen) atoms. The quantitative estimate of drug-likeness (QED) is 0.596. The fraction of sp³-hybridized carbons (Fsp3) is 0.600. The Hall–Kier alpha value is -0.920. The molecule has 1 fully saturated rings. The van der Waals surface area contributed by atoms with Crippen molar-refractivity contribution in [2.75, 3.05) is 0 Å². The average Bonchev–Trinajstić information content (AvgIpc) is 2.83. The van der Waals surface area contributed by atoms with E-state index in [1.807, 2.05) is 6.92 Å². The Labute approximate surface area is 73.1 Å². The Morgan fingerprint density at radius 1 is 1.42 bits per heavy atom. The number of hydrogen-bond acceptors (Lipinski definition) is 2. The lowest BCUT2D eigenvalue weighted by Gasteiger charge is -1.98. The molecule has 0 saturated heterocycles. The molecule has 0 N–H and O–H groups in total. The largest absolute Gasteiger partial charge is 0.159 e. The van der Waals surface area contributed by atoms with E-state index in [9.17, 15) is 0 Å². The van der Waals surface area contributed by atoms with E-state index in [-0.39, 0.29) is 0 Å². The molecular weight excluding hydrogens is 148 g/mol. The van der Waals surface area contributed by atoms with Crippen LogP contribution in [0.25, 0.3) is 0 Å². The van der Waals surface area contributed by atoms with Gasteiger partial charge in [0, 0.05) is 12.1 Å². The predicted molar refractivity (Wildman–Crippen MR) is 51.6 cm³/mol. The standard InChI is InChI=1S/C10H14N2/c1-3-7(2)9-6-10(12-11-9)8-4-5-8/h3,8H,4-6H2,1-2H3/b7-3+. The van der Waals surface area contributed by atoms with Crippen molar-refractivity contribution in [1.29, 1.82) is 0 Å².